The summed E-state index contributed by atoms with van der Waals surface area (Å²) in [5, 5.41) is 11.4. The van der Waals surface area contributed by atoms with Gasteiger partial charge in [-0.25, -0.2) is 4.79 Å². The summed E-state index contributed by atoms with van der Waals surface area (Å²) in [5.41, 5.74) is 0. The number of carboxylic acids is 1. The Morgan fingerprint density at radius 1 is 1.05 bits per heavy atom. The number of carbonyl (C=O) groups is 2. The lowest BCUT2D eigenvalue weighted by Crippen LogP contribution is -2.41. The molecule has 0 aliphatic carbocycles. The third kappa shape index (κ3) is 10.4. The molecule has 0 spiro atoms. The van der Waals surface area contributed by atoms with E-state index in [0.29, 0.717) is 13.1 Å². The molecule has 0 aliphatic heterocycles. The molecular weight excluding hydrogens is 244 g/mol. The maximum atomic E-state index is 11.7. The smallest absolute Gasteiger partial charge is 0.317 e. The molecule has 5 heteroatoms. The quantitative estimate of drug-likeness (QED) is 0.568. The van der Waals surface area contributed by atoms with Crippen molar-refractivity contribution in [1.82, 2.24) is 10.2 Å². The summed E-state index contributed by atoms with van der Waals surface area (Å²) < 4.78 is 0. The Morgan fingerprint density at radius 3 is 2.26 bits per heavy atom. The topological polar surface area (TPSA) is 69.6 Å². The molecule has 0 atom stereocenters. The molecule has 5 nitrogen and oxygen atoms in total. The molecule has 0 saturated carbocycles. The molecule has 0 heterocycles. The highest BCUT2D eigenvalue weighted by Gasteiger charge is 2.11. The molecule has 0 aromatic heterocycles. The number of amides is 2. The van der Waals surface area contributed by atoms with E-state index < -0.39 is 5.97 Å². The van der Waals surface area contributed by atoms with Gasteiger partial charge in [0, 0.05) is 19.6 Å². The summed E-state index contributed by atoms with van der Waals surface area (Å²) in [6.07, 6.45) is 7.15. The molecule has 0 bridgehead atoms. The Kier molecular flexibility index (Phi) is 11.0. The van der Waals surface area contributed by atoms with Gasteiger partial charge in [-0.3, -0.25) is 4.79 Å². The van der Waals surface area contributed by atoms with Crippen LogP contribution in [0.1, 0.15) is 58.8 Å². The van der Waals surface area contributed by atoms with Crippen LogP contribution in [0.2, 0.25) is 0 Å². The lowest BCUT2D eigenvalue weighted by Gasteiger charge is -2.20. The lowest BCUT2D eigenvalue weighted by molar-refractivity contribution is -0.137. The predicted molar refractivity (Wildman–Crippen MR) is 76.3 cm³/mol. The first-order chi connectivity index (χ1) is 9.11. The van der Waals surface area contributed by atoms with E-state index in [9.17, 15) is 9.59 Å². The Hall–Kier alpha value is -1.26. The fourth-order valence-electron chi connectivity index (χ4n) is 1.85. The summed E-state index contributed by atoms with van der Waals surface area (Å²) in [4.78, 5) is 23.7. The number of rotatable bonds is 11. The van der Waals surface area contributed by atoms with Crippen LogP contribution >= 0.6 is 0 Å². The van der Waals surface area contributed by atoms with Gasteiger partial charge < -0.3 is 15.3 Å². The van der Waals surface area contributed by atoms with Gasteiger partial charge in [0.05, 0.1) is 6.42 Å². The molecular formula is C14H28N2O3. The fourth-order valence-corrected chi connectivity index (χ4v) is 1.85. The second-order valence-corrected chi connectivity index (χ2v) is 4.72. The van der Waals surface area contributed by atoms with Crippen LogP contribution in [-0.2, 0) is 4.79 Å². The molecule has 19 heavy (non-hydrogen) atoms. The van der Waals surface area contributed by atoms with Crippen molar-refractivity contribution >= 4 is 12.0 Å². The second-order valence-electron chi connectivity index (χ2n) is 4.72. The van der Waals surface area contributed by atoms with Crippen LogP contribution < -0.4 is 5.32 Å². The third-order valence-corrected chi connectivity index (χ3v) is 3.07. The van der Waals surface area contributed by atoms with E-state index in [1.165, 1.54) is 30.6 Å². The highest BCUT2D eigenvalue weighted by molar-refractivity contribution is 5.75. The van der Waals surface area contributed by atoms with E-state index >= 15 is 0 Å². The van der Waals surface area contributed by atoms with Gasteiger partial charge in [-0.05, 0) is 13.3 Å². The molecule has 0 radical (unpaired) electrons. The van der Waals surface area contributed by atoms with Crippen LogP contribution in [0.4, 0.5) is 4.79 Å². The van der Waals surface area contributed by atoms with E-state index in [1.54, 1.807) is 0 Å². The molecule has 0 unspecified atom stereocenters. The molecule has 0 aromatic carbocycles. The van der Waals surface area contributed by atoms with Gasteiger partial charge in [0.25, 0.3) is 0 Å². The molecule has 0 rings (SSSR count). The minimum Gasteiger partial charge on any atom is -0.481 e. The van der Waals surface area contributed by atoms with Gasteiger partial charge in [0.15, 0.2) is 0 Å². The minimum absolute atomic E-state index is 0.00171. The van der Waals surface area contributed by atoms with Crippen molar-refractivity contribution in [2.24, 2.45) is 0 Å². The number of carbonyl (C=O) groups excluding carboxylic acids is 1. The van der Waals surface area contributed by atoms with Crippen molar-refractivity contribution in [3.8, 4) is 0 Å². The van der Waals surface area contributed by atoms with Crippen molar-refractivity contribution in [3.63, 3.8) is 0 Å². The van der Waals surface area contributed by atoms with Gasteiger partial charge in [-0.15, -0.1) is 0 Å². The summed E-state index contributed by atoms with van der Waals surface area (Å²) in [6, 6.07) is -0.155. The maximum absolute atomic E-state index is 11.7. The Balaban J connectivity index is 3.61. The van der Waals surface area contributed by atoms with Gasteiger partial charge in [-0.1, -0.05) is 39.0 Å². The SMILES string of the molecule is CCCCCCCCNC(=O)N(CC)CCC(=O)O. The minimum atomic E-state index is -0.873. The summed E-state index contributed by atoms with van der Waals surface area (Å²) in [7, 11) is 0. The van der Waals surface area contributed by atoms with Crippen LogP contribution in [0, 0.1) is 0 Å². The van der Waals surface area contributed by atoms with Crippen molar-refractivity contribution < 1.29 is 14.7 Å². The van der Waals surface area contributed by atoms with Crippen molar-refractivity contribution in [2.75, 3.05) is 19.6 Å². The van der Waals surface area contributed by atoms with Crippen molar-refractivity contribution in [2.45, 2.75) is 58.8 Å². The summed E-state index contributed by atoms with van der Waals surface area (Å²) in [5.74, 6) is -0.873. The predicted octanol–water partition coefficient (Wildman–Crippen LogP) is 2.85. The average Bonchev–Trinajstić information content (AvgIpc) is 2.38. The first kappa shape index (κ1) is 17.7. The maximum Gasteiger partial charge on any atom is 0.317 e. The van der Waals surface area contributed by atoms with Gasteiger partial charge in [0.2, 0.25) is 0 Å². The summed E-state index contributed by atoms with van der Waals surface area (Å²) in [6.45, 7) is 5.53. The molecule has 0 saturated heterocycles. The molecule has 0 fully saturated rings. The van der Waals surface area contributed by atoms with Crippen LogP contribution in [-0.4, -0.2) is 41.6 Å². The van der Waals surface area contributed by atoms with E-state index in [2.05, 4.69) is 12.2 Å². The lowest BCUT2D eigenvalue weighted by atomic mass is 10.1. The molecule has 112 valence electrons. The monoisotopic (exact) mass is 272 g/mol. The largest absolute Gasteiger partial charge is 0.481 e. The average molecular weight is 272 g/mol. The Labute approximate surface area is 116 Å². The number of carboxylic acid groups (broad SMARTS) is 1. The van der Waals surface area contributed by atoms with E-state index in [1.807, 2.05) is 6.92 Å². The fraction of sp³-hybridized carbons (Fsp3) is 0.857. The van der Waals surface area contributed by atoms with Gasteiger partial charge in [-0.2, -0.15) is 0 Å². The second kappa shape index (κ2) is 11.8. The number of nitrogens with one attached hydrogen (secondary N) is 1. The summed E-state index contributed by atoms with van der Waals surface area (Å²) >= 11 is 0. The number of nitrogens with zero attached hydrogens (tertiary/aromatic N) is 1. The number of aliphatic carboxylic acids is 1. The zero-order chi connectivity index (χ0) is 14.5. The normalized spacial score (nSPS) is 10.2. The van der Waals surface area contributed by atoms with E-state index in [-0.39, 0.29) is 19.0 Å². The number of hydrogen-bond donors (Lipinski definition) is 2. The Bertz CT molecular complexity index is 257. The van der Waals surface area contributed by atoms with Crippen LogP contribution in [0.3, 0.4) is 0 Å². The van der Waals surface area contributed by atoms with E-state index in [4.69, 9.17) is 5.11 Å². The molecule has 2 amide bonds. The zero-order valence-corrected chi connectivity index (χ0v) is 12.3. The first-order valence-corrected chi connectivity index (χ1v) is 7.36. The van der Waals surface area contributed by atoms with Gasteiger partial charge in [0.1, 0.15) is 0 Å². The van der Waals surface area contributed by atoms with Gasteiger partial charge >= 0.3 is 12.0 Å². The number of unbranched alkanes of at least 4 members (excludes halogenated alkanes) is 5. The van der Waals surface area contributed by atoms with Crippen LogP contribution in [0.15, 0.2) is 0 Å². The Morgan fingerprint density at radius 2 is 1.68 bits per heavy atom. The van der Waals surface area contributed by atoms with Crippen molar-refractivity contribution in [1.29, 1.82) is 0 Å². The number of urea groups is 1. The first-order valence-electron chi connectivity index (χ1n) is 7.36. The molecule has 0 aromatic rings. The third-order valence-electron chi connectivity index (χ3n) is 3.07. The highest BCUT2D eigenvalue weighted by atomic mass is 16.4. The highest BCUT2D eigenvalue weighted by Crippen LogP contribution is 2.04. The van der Waals surface area contributed by atoms with Crippen LogP contribution in [0.25, 0.3) is 0 Å². The van der Waals surface area contributed by atoms with Crippen LogP contribution in [0.5, 0.6) is 0 Å². The zero-order valence-electron chi connectivity index (χ0n) is 12.3. The molecule has 0 aliphatic rings. The standard InChI is InChI=1S/C14H28N2O3/c1-3-5-6-7-8-9-11-15-14(19)16(4-2)12-10-13(17)18/h3-12H2,1-2H3,(H,15,19)(H,17,18). The number of hydrogen-bond acceptors (Lipinski definition) is 2. The molecule has 2 N–H and O–H groups in total. The van der Waals surface area contributed by atoms with Crippen molar-refractivity contribution in [3.05, 3.63) is 0 Å². The van der Waals surface area contributed by atoms with E-state index in [0.717, 1.165) is 12.8 Å².